The van der Waals surface area contributed by atoms with Gasteiger partial charge >= 0.3 is 0 Å². The largest absolute Gasteiger partial charge is 0.497 e. The Morgan fingerprint density at radius 1 is 1.11 bits per heavy atom. The van der Waals surface area contributed by atoms with Crippen molar-refractivity contribution in [3.63, 3.8) is 0 Å². The second kappa shape index (κ2) is 9.48. The van der Waals surface area contributed by atoms with Gasteiger partial charge in [-0.25, -0.2) is 0 Å². The third kappa shape index (κ3) is 5.18. The van der Waals surface area contributed by atoms with Crippen LogP contribution in [-0.2, 0) is 9.53 Å². The minimum atomic E-state index is -0.251. The Morgan fingerprint density at radius 3 is 2.43 bits per heavy atom. The Balaban J connectivity index is 1.76. The fourth-order valence-electron chi connectivity index (χ4n) is 2.96. The number of ether oxygens (including phenoxy) is 3. The minimum absolute atomic E-state index is 0.251. The number of anilines is 2. The van der Waals surface area contributed by atoms with Gasteiger partial charge in [0.1, 0.15) is 11.5 Å². The molecule has 1 amide bonds. The molecule has 0 spiro atoms. The molecule has 0 aliphatic carbocycles. The maximum absolute atomic E-state index is 12.5. The molecule has 1 aliphatic heterocycles. The summed E-state index contributed by atoms with van der Waals surface area (Å²) in [5.41, 5.74) is 2.40. The van der Waals surface area contributed by atoms with E-state index in [1.807, 2.05) is 24.3 Å². The number of amides is 1. The topological polar surface area (TPSA) is 60.0 Å². The molecule has 28 heavy (non-hydrogen) atoms. The number of nitrogens with one attached hydrogen (secondary N) is 1. The highest BCUT2D eigenvalue weighted by molar-refractivity contribution is 6.31. The molecule has 0 bridgehead atoms. The molecule has 3 rings (SSSR count). The molecule has 2 aromatic carbocycles. The number of halogens is 1. The van der Waals surface area contributed by atoms with E-state index in [0.29, 0.717) is 35.4 Å². The van der Waals surface area contributed by atoms with Crippen LogP contribution in [0, 0.1) is 0 Å². The summed E-state index contributed by atoms with van der Waals surface area (Å²) in [7, 11) is 3.17. The zero-order valence-corrected chi connectivity index (χ0v) is 16.7. The van der Waals surface area contributed by atoms with Gasteiger partial charge in [-0.05, 0) is 42.0 Å². The average molecular weight is 403 g/mol. The van der Waals surface area contributed by atoms with Gasteiger partial charge in [-0.3, -0.25) is 4.79 Å². The second-order valence-corrected chi connectivity index (χ2v) is 6.67. The third-order valence-electron chi connectivity index (χ3n) is 4.37. The number of hydrogen-bond donors (Lipinski definition) is 1. The zero-order valence-electron chi connectivity index (χ0n) is 15.9. The van der Waals surface area contributed by atoms with Crippen molar-refractivity contribution < 1.29 is 19.0 Å². The lowest BCUT2D eigenvalue weighted by atomic mass is 10.2. The van der Waals surface area contributed by atoms with Crippen molar-refractivity contribution in [2.45, 2.75) is 0 Å². The van der Waals surface area contributed by atoms with Gasteiger partial charge in [0, 0.05) is 30.3 Å². The van der Waals surface area contributed by atoms with Crippen molar-refractivity contribution in [1.29, 1.82) is 0 Å². The lowest BCUT2D eigenvalue weighted by molar-refractivity contribution is -0.111. The maximum Gasteiger partial charge on any atom is 0.248 e. The van der Waals surface area contributed by atoms with Crippen LogP contribution in [0.1, 0.15) is 5.56 Å². The first-order valence-electron chi connectivity index (χ1n) is 8.93. The van der Waals surface area contributed by atoms with E-state index in [0.717, 1.165) is 24.3 Å². The van der Waals surface area contributed by atoms with Gasteiger partial charge in [0.25, 0.3) is 0 Å². The molecule has 1 saturated heterocycles. The molecule has 1 N–H and O–H groups in total. The molecule has 7 heteroatoms. The van der Waals surface area contributed by atoms with E-state index in [-0.39, 0.29) is 5.91 Å². The Bertz CT molecular complexity index is 841. The number of carbonyl (C=O) groups is 1. The summed E-state index contributed by atoms with van der Waals surface area (Å²) in [6, 6.07) is 10.9. The summed E-state index contributed by atoms with van der Waals surface area (Å²) in [6.45, 7) is 2.86. The molecule has 0 aromatic heterocycles. The van der Waals surface area contributed by atoms with Crippen LogP contribution >= 0.6 is 11.6 Å². The van der Waals surface area contributed by atoms with E-state index in [2.05, 4.69) is 10.2 Å². The summed E-state index contributed by atoms with van der Waals surface area (Å²) in [5.74, 6) is 1.06. The number of carbonyl (C=O) groups excluding carboxylic acids is 1. The SMILES string of the molecule is COc1cc(/C=C/C(=O)Nc2cc(Cl)ccc2N2CCOCC2)cc(OC)c1. The molecular weight excluding hydrogens is 380 g/mol. The van der Waals surface area contributed by atoms with Crippen LogP contribution in [-0.4, -0.2) is 46.4 Å². The lowest BCUT2D eigenvalue weighted by Gasteiger charge is -2.30. The van der Waals surface area contributed by atoms with Crippen LogP contribution < -0.4 is 19.7 Å². The van der Waals surface area contributed by atoms with Crippen molar-refractivity contribution in [3.05, 3.63) is 53.1 Å². The van der Waals surface area contributed by atoms with Gasteiger partial charge in [0.15, 0.2) is 0 Å². The average Bonchev–Trinajstić information content (AvgIpc) is 2.72. The quantitative estimate of drug-likeness (QED) is 0.744. The summed E-state index contributed by atoms with van der Waals surface area (Å²) in [6.07, 6.45) is 3.18. The predicted molar refractivity (Wildman–Crippen MR) is 112 cm³/mol. The van der Waals surface area contributed by atoms with Crippen molar-refractivity contribution in [2.24, 2.45) is 0 Å². The fraction of sp³-hybridized carbons (Fsp3) is 0.286. The number of rotatable bonds is 6. The predicted octanol–water partition coefficient (Wildman–Crippen LogP) is 3.85. The summed E-state index contributed by atoms with van der Waals surface area (Å²) in [4.78, 5) is 14.7. The van der Waals surface area contributed by atoms with E-state index in [1.165, 1.54) is 6.08 Å². The minimum Gasteiger partial charge on any atom is -0.497 e. The van der Waals surface area contributed by atoms with Crippen LogP contribution in [0.3, 0.4) is 0 Å². The van der Waals surface area contributed by atoms with E-state index in [1.54, 1.807) is 32.4 Å². The van der Waals surface area contributed by atoms with E-state index < -0.39 is 0 Å². The van der Waals surface area contributed by atoms with Crippen LogP contribution in [0.15, 0.2) is 42.5 Å². The normalized spacial score (nSPS) is 14.2. The molecule has 148 valence electrons. The Kier molecular flexibility index (Phi) is 6.79. The highest BCUT2D eigenvalue weighted by Crippen LogP contribution is 2.30. The highest BCUT2D eigenvalue weighted by Gasteiger charge is 2.16. The Morgan fingerprint density at radius 2 is 1.79 bits per heavy atom. The van der Waals surface area contributed by atoms with Crippen LogP contribution in [0.2, 0.25) is 5.02 Å². The molecular formula is C21H23ClN2O4. The first kappa shape index (κ1) is 20.0. The molecule has 1 aliphatic rings. The Labute approximate surface area is 169 Å². The van der Waals surface area contributed by atoms with Crippen molar-refractivity contribution in [3.8, 4) is 11.5 Å². The molecule has 0 unspecified atom stereocenters. The number of methoxy groups -OCH3 is 2. The number of nitrogens with zero attached hydrogens (tertiary/aromatic N) is 1. The summed E-state index contributed by atoms with van der Waals surface area (Å²) in [5, 5.41) is 3.48. The monoisotopic (exact) mass is 402 g/mol. The molecule has 6 nitrogen and oxygen atoms in total. The third-order valence-corrected chi connectivity index (χ3v) is 4.60. The zero-order chi connectivity index (χ0) is 19.9. The van der Waals surface area contributed by atoms with Gasteiger partial charge in [0.2, 0.25) is 5.91 Å². The molecule has 1 heterocycles. The van der Waals surface area contributed by atoms with Crippen molar-refractivity contribution in [1.82, 2.24) is 0 Å². The van der Waals surface area contributed by atoms with Crippen molar-refractivity contribution >= 4 is 35.0 Å². The van der Waals surface area contributed by atoms with E-state index >= 15 is 0 Å². The van der Waals surface area contributed by atoms with Crippen molar-refractivity contribution in [2.75, 3.05) is 50.7 Å². The second-order valence-electron chi connectivity index (χ2n) is 6.23. The van der Waals surface area contributed by atoms with Gasteiger partial charge < -0.3 is 24.4 Å². The smallest absolute Gasteiger partial charge is 0.248 e. The summed E-state index contributed by atoms with van der Waals surface area (Å²) < 4.78 is 15.9. The summed E-state index contributed by atoms with van der Waals surface area (Å²) >= 11 is 6.14. The Hall–Kier alpha value is -2.70. The molecule has 0 saturated carbocycles. The number of benzene rings is 2. The van der Waals surface area contributed by atoms with Crippen LogP contribution in [0.4, 0.5) is 11.4 Å². The van der Waals surface area contributed by atoms with Crippen LogP contribution in [0.5, 0.6) is 11.5 Å². The standard InChI is InChI=1S/C21H23ClN2O4/c1-26-17-11-15(12-18(14-17)27-2)3-6-21(25)23-19-13-16(22)4-5-20(19)24-7-9-28-10-8-24/h3-6,11-14H,7-10H2,1-2H3,(H,23,25)/b6-3+. The first-order chi connectivity index (χ1) is 13.6. The number of morpholine rings is 1. The van der Waals surface area contributed by atoms with Gasteiger partial charge in [-0.2, -0.15) is 0 Å². The molecule has 1 fully saturated rings. The van der Waals surface area contributed by atoms with Gasteiger partial charge in [-0.15, -0.1) is 0 Å². The number of hydrogen-bond acceptors (Lipinski definition) is 5. The molecule has 0 radical (unpaired) electrons. The van der Waals surface area contributed by atoms with Gasteiger partial charge in [0.05, 0.1) is 38.8 Å². The lowest BCUT2D eigenvalue weighted by Crippen LogP contribution is -2.36. The molecule has 0 atom stereocenters. The van der Waals surface area contributed by atoms with Crippen LogP contribution in [0.25, 0.3) is 6.08 Å². The maximum atomic E-state index is 12.5. The van der Waals surface area contributed by atoms with E-state index in [9.17, 15) is 4.79 Å². The van der Waals surface area contributed by atoms with Gasteiger partial charge in [-0.1, -0.05) is 11.6 Å². The highest BCUT2D eigenvalue weighted by atomic mass is 35.5. The molecule has 2 aromatic rings. The fourth-order valence-corrected chi connectivity index (χ4v) is 3.13. The first-order valence-corrected chi connectivity index (χ1v) is 9.31. The van der Waals surface area contributed by atoms with E-state index in [4.69, 9.17) is 25.8 Å².